The maximum absolute atomic E-state index is 9.76. The fourth-order valence-electron chi connectivity index (χ4n) is 1.86. The van der Waals surface area contributed by atoms with Crippen LogP contribution in [-0.4, -0.2) is 11.2 Å². The van der Waals surface area contributed by atoms with E-state index >= 15 is 0 Å². The van der Waals surface area contributed by atoms with Gasteiger partial charge in [0, 0.05) is 5.56 Å². The van der Waals surface area contributed by atoms with E-state index in [1.54, 1.807) is 0 Å². The van der Waals surface area contributed by atoms with E-state index in [9.17, 15) is 5.11 Å². The lowest BCUT2D eigenvalue weighted by molar-refractivity contribution is -0.160. The van der Waals surface area contributed by atoms with Crippen LogP contribution in [0.5, 0.6) is 0 Å². The van der Waals surface area contributed by atoms with Gasteiger partial charge in [-0.25, -0.2) is 0 Å². The number of aliphatic hydroxyl groups excluding tert-OH is 1. The molecule has 2 atom stereocenters. The quantitative estimate of drug-likeness (QED) is 0.739. The Hall–Kier alpha value is -0.860. The minimum absolute atomic E-state index is 0.139. The van der Waals surface area contributed by atoms with Crippen molar-refractivity contribution in [3.8, 4) is 0 Å². The molecule has 1 N–H and O–H groups in total. The van der Waals surface area contributed by atoms with Crippen molar-refractivity contribution >= 4 is 0 Å². The largest absolute Gasteiger partial charge is 0.364 e. The molecular weight excluding hydrogens is 176 g/mol. The highest BCUT2D eigenvalue weighted by atomic mass is 16.6. The van der Waals surface area contributed by atoms with E-state index in [0.29, 0.717) is 5.92 Å². The maximum Gasteiger partial charge on any atom is 0.181 e. The Labute approximate surface area is 84.5 Å². The summed E-state index contributed by atoms with van der Waals surface area (Å²) in [6.45, 7) is 4.23. The second-order valence-electron chi connectivity index (χ2n) is 4.17. The Morgan fingerprint density at radius 3 is 2.79 bits per heavy atom. The minimum atomic E-state index is -0.743. The van der Waals surface area contributed by atoms with Crippen molar-refractivity contribution in [2.75, 3.05) is 0 Å². The number of hydrogen-bond acceptors (Lipinski definition) is 2. The number of fused-ring (bicyclic) bond motifs is 1. The molecule has 1 aliphatic rings. The van der Waals surface area contributed by atoms with Gasteiger partial charge in [0.1, 0.15) is 0 Å². The minimum Gasteiger partial charge on any atom is -0.364 e. The van der Waals surface area contributed by atoms with Gasteiger partial charge in [-0.15, -0.1) is 0 Å². The summed E-state index contributed by atoms with van der Waals surface area (Å²) in [4.78, 5) is 0. The average Bonchev–Trinajstić information content (AvgIpc) is 2.17. The number of benzene rings is 1. The second kappa shape index (κ2) is 3.71. The molecule has 2 rings (SSSR count). The maximum atomic E-state index is 9.76. The smallest absolute Gasteiger partial charge is 0.181 e. The molecule has 0 aliphatic carbocycles. The van der Waals surface area contributed by atoms with Gasteiger partial charge in [-0.3, -0.25) is 0 Å². The Kier molecular flexibility index (Phi) is 2.57. The Morgan fingerprint density at radius 1 is 1.36 bits per heavy atom. The SMILES string of the molecule is CC(C)[C@H]1Cc2ccccc2C(O)O1. The highest BCUT2D eigenvalue weighted by Crippen LogP contribution is 2.30. The zero-order valence-corrected chi connectivity index (χ0v) is 8.60. The Balaban J connectivity index is 2.29. The van der Waals surface area contributed by atoms with Gasteiger partial charge >= 0.3 is 0 Å². The van der Waals surface area contributed by atoms with Crippen LogP contribution in [0, 0.1) is 5.92 Å². The van der Waals surface area contributed by atoms with Crippen LogP contribution in [0.2, 0.25) is 0 Å². The molecular formula is C12H16O2. The fraction of sp³-hybridized carbons (Fsp3) is 0.500. The summed E-state index contributed by atoms with van der Waals surface area (Å²) in [5, 5.41) is 9.76. The molecule has 1 aromatic carbocycles. The molecule has 76 valence electrons. The molecule has 0 amide bonds. The highest BCUT2D eigenvalue weighted by Gasteiger charge is 2.27. The molecule has 2 nitrogen and oxygen atoms in total. The number of aliphatic hydroxyl groups is 1. The summed E-state index contributed by atoms with van der Waals surface area (Å²) in [6.07, 6.45) is 0.303. The Bertz CT molecular complexity index is 320. The monoisotopic (exact) mass is 192 g/mol. The molecule has 0 fully saturated rings. The van der Waals surface area contributed by atoms with E-state index < -0.39 is 6.29 Å². The standard InChI is InChI=1S/C12H16O2/c1-8(2)11-7-9-5-3-4-6-10(9)12(13)14-11/h3-6,8,11-13H,7H2,1-2H3/t11-,12?/m1/s1. The van der Waals surface area contributed by atoms with Crippen LogP contribution in [-0.2, 0) is 11.2 Å². The van der Waals surface area contributed by atoms with Crippen LogP contribution < -0.4 is 0 Å². The molecule has 2 heteroatoms. The number of rotatable bonds is 1. The third-order valence-electron chi connectivity index (χ3n) is 2.79. The van der Waals surface area contributed by atoms with Crippen LogP contribution in [0.4, 0.5) is 0 Å². The van der Waals surface area contributed by atoms with Crippen LogP contribution in [0.1, 0.15) is 31.3 Å². The van der Waals surface area contributed by atoms with Crippen molar-refractivity contribution in [2.24, 2.45) is 5.92 Å². The molecule has 1 aromatic rings. The molecule has 0 saturated heterocycles. The number of ether oxygens (including phenoxy) is 1. The first-order valence-electron chi connectivity index (χ1n) is 5.10. The normalized spacial score (nSPS) is 26.3. The summed E-state index contributed by atoms with van der Waals surface area (Å²) in [5.74, 6) is 0.443. The van der Waals surface area contributed by atoms with Crippen LogP contribution in [0.25, 0.3) is 0 Å². The van der Waals surface area contributed by atoms with Gasteiger partial charge in [0.2, 0.25) is 0 Å². The van der Waals surface area contributed by atoms with Gasteiger partial charge in [0.05, 0.1) is 6.10 Å². The topological polar surface area (TPSA) is 29.5 Å². The first-order chi connectivity index (χ1) is 6.68. The van der Waals surface area contributed by atoms with E-state index in [0.717, 1.165) is 12.0 Å². The number of hydrogen-bond donors (Lipinski definition) is 1. The van der Waals surface area contributed by atoms with Crippen molar-refractivity contribution in [2.45, 2.75) is 32.7 Å². The van der Waals surface area contributed by atoms with Crippen molar-refractivity contribution in [3.05, 3.63) is 35.4 Å². The lowest BCUT2D eigenvalue weighted by Crippen LogP contribution is -2.30. The lowest BCUT2D eigenvalue weighted by atomic mass is 9.93. The Morgan fingerprint density at radius 2 is 2.07 bits per heavy atom. The second-order valence-corrected chi connectivity index (χ2v) is 4.17. The molecule has 1 heterocycles. The molecule has 0 aromatic heterocycles. The molecule has 1 unspecified atom stereocenters. The van der Waals surface area contributed by atoms with Crippen molar-refractivity contribution in [1.82, 2.24) is 0 Å². The van der Waals surface area contributed by atoms with Gasteiger partial charge in [-0.05, 0) is 17.9 Å². The highest BCUT2D eigenvalue weighted by molar-refractivity contribution is 5.30. The van der Waals surface area contributed by atoms with Crippen molar-refractivity contribution in [3.63, 3.8) is 0 Å². The molecule has 0 radical (unpaired) electrons. The summed E-state index contributed by atoms with van der Waals surface area (Å²) < 4.78 is 5.53. The zero-order valence-electron chi connectivity index (χ0n) is 8.60. The summed E-state index contributed by atoms with van der Waals surface area (Å²) in [5.41, 5.74) is 2.13. The van der Waals surface area contributed by atoms with E-state index in [4.69, 9.17) is 4.74 Å². The lowest BCUT2D eigenvalue weighted by Gasteiger charge is -2.31. The molecule has 1 aliphatic heterocycles. The van der Waals surface area contributed by atoms with Gasteiger partial charge in [-0.2, -0.15) is 0 Å². The molecule has 14 heavy (non-hydrogen) atoms. The van der Waals surface area contributed by atoms with E-state index in [-0.39, 0.29) is 6.10 Å². The van der Waals surface area contributed by atoms with Gasteiger partial charge < -0.3 is 9.84 Å². The van der Waals surface area contributed by atoms with E-state index in [1.165, 1.54) is 5.56 Å². The van der Waals surface area contributed by atoms with Crippen molar-refractivity contribution < 1.29 is 9.84 Å². The van der Waals surface area contributed by atoms with Crippen molar-refractivity contribution in [1.29, 1.82) is 0 Å². The van der Waals surface area contributed by atoms with Gasteiger partial charge in [0.25, 0.3) is 0 Å². The average molecular weight is 192 g/mol. The molecule has 0 saturated carbocycles. The van der Waals surface area contributed by atoms with Crippen LogP contribution >= 0.6 is 0 Å². The summed E-state index contributed by atoms with van der Waals surface area (Å²) >= 11 is 0. The van der Waals surface area contributed by atoms with Crippen LogP contribution in [0.15, 0.2) is 24.3 Å². The first kappa shape index (κ1) is 9.69. The molecule has 0 bridgehead atoms. The third kappa shape index (κ3) is 1.68. The summed E-state index contributed by atoms with van der Waals surface area (Å²) in [6, 6.07) is 7.93. The van der Waals surface area contributed by atoms with E-state index in [1.807, 2.05) is 18.2 Å². The third-order valence-corrected chi connectivity index (χ3v) is 2.79. The first-order valence-corrected chi connectivity index (χ1v) is 5.10. The van der Waals surface area contributed by atoms with Crippen LogP contribution in [0.3, 0.4) is 0 Å². The predicted octanol–water partition coefficient (Wildman–Crippen LogP) is 2.27. The fourth-order valence-corrected chi connectivity index (χ4v) is 1.86. The predicted molar refractivity (Wildman–Crippen MR) is 54.8 cm³/mol. The van der Waals surface area contributed by atoms with E-state index in [2.05, 4.69) is 19.9 Å². The molecule has 0 spiro atoms. The zero-order chi connectivity index (χ0) is 10.1. The summed E-state index contributed by atoms with van der Waals surface area (Å²) in [7, 11) is 0. The van der Waals surface area contributed by atoms with Gasteiger partial charge in [0.15, 0.2) is 6.29 Å². The van der Waals surface area contributed by atoms with Gasteiger partial charge in [-0.1, -0.05) is 38.1 Å².